The summed E-state index contributed by atoms with van der Waals surface area (Å²) in [5, 5.41) is 13.3. The molecule has 0 saturated heterocycles. The number of carbonyl (C=O) groups is 1. The van der Waals surface area contributed by atoms with Crippen LogP contribution in [0.15, 0.2) is 69.1 Å². The van der Waals surface area contributed by atoms with Crippen molar-refractivity contribution in [1.82, 2.24) is 0 Å². The van der Waals surface area contributed by atoms with Gasteiger partial charge in [-0.15, -0.1) is 0 Å². The first-order valence-corrected chi connectivity index (χ1v) is 11.7. The Labute approximate surface area is 213 Å². The van der Waals surface area contributed by atoms with Crippen molar-refractivity contribution in [2.24, 2.45) is 0 Å². The van der Waals surface area contributed by atoms with Crippen LogP contribution in [0.3, 0.4) is 0 Å². The topological polar surface area (TPSA) is 62.1 Å². The number of anilines is 1. The molecular formula is C24H16Br2Cl2N2O2. The van der Waals surface area contributed by atoms with E-state index >= 15 is 0 Å². The van der Waals surface area contributed by atoms with E-state index in [-0.39, 0.29) is 12.2 Å². The number of ether oxygens (including phenoxy) is 1. The second-order valence-electron chi connectivity index (χ2n) is 6.83. The molecule has 0 saturated carbocycles. The van der Waals surface area contributed by atoms with Crippen molar-refractivity contribution in [2.75, 3.05) is 5.32 Å². The molecular weight excluding hydrogens is 579 g/mol. The first-order chi connectivity index (χ1) is 15.3. The van der Waals surface area contributed by atoms with Crippen molar-refractivity contribution in [3.8, 4) is 11.8 Å². The monoisotopic (exact) mass is 592 g/mol. The van der Waals surface area contributed by atoms with Crippen LogP contribution in [0.1, 0.15) is 16.7 Å². The van der Waals surface area contributed by atoms with Crippen molar-refractivity contribution in [3.63, 3.8) is 0 Å². The zero-order chi connectivity index (χ0) is 23.3. The van der Waals surface area contributed by atoms with Crippen LogP contribution in [0, 0.1) is 18.3 Å². The lowest BCUT2D eigenvalue weighted by molar-refractivity contribution is -0.112. The molecule has 0 fully saturated rings. The zero-order valence-electron chi connectivity index (χ0n) is 16.8. The van der Waals surface area contributed by atoms with Crippen LogP contribution in [0.2, 0.25) is 10.0 Å². The molecule has 0 aliphatic heterocycles. The largest absolute Gasteiger partial charge is 0.486 e. The van der Waals surface area contributed by atoms with Crippen molar-refractivity contribution in [2.45, 2.75) is 13.5 Å². The highest BCUT2D eigenvalue weighted by atomic mass is 79.9. The SMILES string of the molecule is Cc1cccc(NC(=O)/C(C#N)=C\c2cc(Br)c(OCc3ccc(Cl)cc3Cl)c(Br)c2)c1. The number of rotatable bonds is 6. The number of benzene rings is 3. The van der Waals surface area contributed by atoms with E-state index in [1.165, 1.54) is 6.08 Å². The van der Waals surface area contributed by atoms with E-state index in [1.807, 2.05) is 31.2 Å². The lowest BCUT2D eigenvalue weighted by Gasteiger charge is -2.13. The summed E-state index contributed by atoms with van der Waals surface area (Å²) in [6.07, 6.45) is 1.51. The summed E-state index contributed by atoms with van der Waals surface area (Å²) in [4.78, 5) is 12.5. The minimum absolute atomic E-state index is 0.0214. The van der Waals surface area contributed by atoms with Crippen LogP contribution in [-0.2, 0) is 11.4 Å². The molecule has 32 heavy (non-hydrogen) atoms. The third-order valence-corrected chi connectivity index (χ3v) is 6.12. The number of nitrogens with one attached hydrogen (secondary N) is 1. The Morgan fingerprint density at radius 2 is 1.84 bits per heavy atom. The summed E-state index contributed by atoms with van der Waals surface area (Å²) in [6.45, 7) is 2.17. The van der Waals surface area contributed by atoms with Gasteiger partial charge in [-0.25, -0.2) is 0 Å². The fourth-order valence-electron chi connectivity index (χ4n) is 2.83. The van der Waals surface area contributed by atoms with Gasteiger partial charge in [0.1, 0.15) is 24.0 Å². The van der Waals surface area contributed by atoms with Crippen LogP contribution in [0.5, 0.6) is 5.75 Å². The number of nitriles is 1. The summed E-state index contributed by atoms with van der Waals surface area (Å²) < 4.78 is 7.22. The lowest BCUT2D eigenvalue weighted by atomic mass is 10.1. The molecule has 3 rings (SSSR count). The van der Waals surface area contributed by atoms with Gasteiger partial charge in [0, 0.05) is 21.3 Å². The van der Waals surface area contributed by atoms with Gasteiger partial charge in [0.15, 0.2) is 0 Å². The maximum Gasteiger partial charge on any atom is 0.266 e. The molecule has 0 aliphatic carbocycles. The molecule has 1 N–H and O–H groups in total. The van der Waals surface area contributed by atoms with Gasteiger partial charge in [0.2, 0.25) is 0 Å². The average molecular weight is 595 g/mol. The fraction of sp³-hybridized carbons (Fsp3) is 0.0833. The summed E-state index contributed by atoms with van der Waals surface area (Å²) in [7, 11) is 0. The molecule has 4 nitrogen and oxygen atoms in total. The molecule has 0 bridgehead atoms. The van der Waals surface area contributed by atoms with Crippen LogP contribution in [0.25, 0.3) is 6.08 Å². The molecule has 8 heteroatoms. The van der Waals surface area contributed by atoms with Crippen LogP contribution >= 0.6 is 55.1 Å². The Hall–Kier alpha value is -2.30. The van der Waals surface area contributed by atoms with Gasteiger partial charge in [0.25, 0.3) is 5.91 Å². The molecule has 162 valence electrons. The maximum atomic E-state index is 12.5. The molecule has 3 aromatic carbocycles. The Bertz CT molecular complexity index is 1230. The van der Waals surface area contributed by atoms with Crippen molar-refractivity contribution in [1.29, 1.82) is 5.26 Å². The first-order valence-electron chi connectivity index (χ1n) is 9.32. The highest BCUT2D eigenvalue weighted by Crippen LogP contribution is 2.36. The maximum absolute atomic E-state index is 12.5. The highest BCUT2D eigenvalue weighted by molar-refractivity contribution is 9.11. The number of hydrogen-bond acceptors (Lipinski definition) is 3. The van der Waals surface area contributed by atoms with Gasteiger partial charge < -0.3 is 10.1 Å². The second-order valence-corrected chi connectivity index (χ2v) is 9.38. The Kier molecular flexibility index (Phi) is 8.38. The number of hydrogen-bond donors (Lipinski definition) is 1. The first kappa shape index (κ1) is 24.3. The minimum atomic E-state index is -0.483. The van der Waals surface area contributed by atoms with Gasteiger partial charge in [-0.3, -0.25) is 4.79 Å². The predicted octanol–water partition coefficient (Wildman–Crippen LogP) is 7.95. The smallest absolute Gasteiger partial charge is 0.266 e. The predicted molar refractivity (Wildman–Crippen MR) is 136 cm³/mol. The highest BCUT2D eigenvalue weighted by Gasteiger charge is 2.13. The number of carbonyl (C=O) groups excluding carboxylic acids is 1. The molecule has 0 aromatic heterocycles. The van der Waals surface area contributed by atoms with E-state index < -0.39 is 5.91 Å². The van der Waals surface area contributed by atoms with E-state index in [0.717, 1.165) is 11.1 Å². The lowest BCUT2D eigenvalue weighted by Crippen LogP contribution is -2.13. The molecule has 1 amide bonds. The van der Waals surface area contributed by atoms with E-state index in [2.05, 4.69) is 37.2 Å². The number of amides is 1. The standard InChI is InChI=1S/C24H16Br2Cl2N2O2/c1-14-3-2-4-19(7-14)30-24(31)17(12-29)8-15-9-20(25)23(21(26)10-15)32-13-16-5-6-18(27)11-22(16)28/h2-11H,13H2,1H3,(H,30,31)/b17-8-. The van der Waals surface area contributed by atoms with Crippen molar-refractivity contribution < 1.29 is 9.53 Å². The summed E-state index contributed by atoms with van der Waals surface area (Å²) in [5.41, 5.74) is 3.05. The van der Waals surface area contributed by atoms with E-state index in [4.69, 9.17) is 27.9 Å². The van der Waals surface area contributed by atoms with Gasteiger partial charge in [-0.2, -0.15) is 5.26 Å². The van der Waals surface area contributed by atoms with E-state index in [1.54, 1.807) is 36.4 Å². The van der Waals surface area contributed by atoms with Crippen LogP contribution in [-0.4, -0.2) is 5.91 Å². The molecule has 0 unspecified atom stereocenters. The molecule has 0 radical (unpaired) electrons. The molecule has 0 atom stereocenters. The number of nitrogens with zero attached hydrogens (tertiary/aromatic N) is 1. The van der Waals surface area contributed by atoms with Crippen molar-refractivity contribution >= 4 is 72.7 Å². The summed E-state index contributed by atoms with van der Waals surface area (Å²) >= 11 is 19.1. The second kappa shape index (κ2) is 11.0. The normalized spacial score (nSPS) is 11.1. The van der Waals surface area contributed by atoms with Gasteiger partial charge in [0.05, 0.1) is 8.95 Å². The summed E-state index contributed by atoms with van der Waals surface area (Å²) in [5.74, 6) is 0.0824. The Morgan fingerprint density at radius 3 is 2.47 bits per heavy atom. The molecule has 0 spiro atoms. The minimum Gasteiger partial charge on any atom is -0.486 e. The number of halogens is 4. The van der Waals surface area contributed by atoms with Gasteiger partial charge in [-0.1, -0.05) is 41.4 Å². The zero-order valence-corrected chi connectivity index (χ0v) is 21.4. The fourth-order valence-corrected chi connectivity index (χ4v) is 4.74. The van der Waals surface area contributed by atoms with Crippen LogP contribution in [0.4, 0.5) is 5.69 Å². The van der Waals surface area contributed by atoms with Crippen molar-refractivity contribution in [3.05, 3.63) is 95.9 Å². The Morgan fingerprint density at radius 1 is 1.12 bits per heavy atom. The van der Waals surface area contributed by atoms with E-state index in [9.17, 15) is 10.1 Å². The molecule has 0 aliphatic rings. The summed E-state index contributed by atoms with van der Waals surface area (Å²) in [6, 6.07) is 18.1. The van der Waals surface area contributed by atoms with Crippen LogP contribution < -0.4 is 10.1 Å². The van der Waals surface area contributed by atoms with E-state index in [0.29, 0.717) is 36.0 Å². The quantitative estimate of drug-likeness (QED) is 0.233. The number of aryl methyl sites for hydroxylation is 1. The molecule has 3 aromatic rings. The third-order valence-electron chi connectivity index (χ3n) is 4.36. The Balaban J connectivity index is 1.78. The molecule has 0 heterocycles. The van der Waals surface area contributed by atoms with Gasteiger partial charge >= 0.3 is 0 Å². The van der Waals surface area contributed by atoms with Gasteiger partial charge in [-0.05, 0) is 92.4 Å². The average Bonchev–Trinajstić information content (AvgIpc) is 2.72. The third kappa shape index (κ3) is 6.36.